The molecular weight excluding hydrogens is 216 g/mol. The molecule has 0 aliphatic carbocycles. The number of nitriles is 1. The molecule has 1 aliphatic rings. The first-order valence-electron chi connectivity index (χ1n) is 6.34. The lowest BCUT2D eigenvalue weighted by atomic mass is 9.88. The predicted molar refractivity (Wildman–Crippen MR) is 65.1 cm³/mol. The minimum atomic E-state index is -0.0993. The van der Waals surface area contributed by atoms with Crippen molar-refractivity contribution in [3.05, 3.63) is 0 Å². The summed E-state index contributed by atoms with van der Waals surface area (Å²) in [6, 6.07) is 2.06. The van der Waals surface area contributed by atoms with Gasteiger partial charge in [0.25, 0.3) is 0 Å². The third-order valence-electron chi connectivity index (χ3n) is 3.72. The Balaban J connectivity index is 2.61. The number of nitrogens with zero attached hydrogens (tertiary/aromatic N) is 1. The molecule has 1 rings (SSSR count). The molecule has 0 radical (unpaired) electrons. The number of carbonyl (C=O) groups is 1. The van der Waals surface area contributed by atoms with Crippen molar-refractivity contribution in [1.82, 2.24) is 5.32 Å². The zero-order valence-electron chi connectivity index (χ0n) is 11.1. The quantitative estimate of drug-likeness (QED) is 0.813. The van der Waals surface area contributed by atoms with Gasteiger partial charge < -0.3 is 10.1 Å². The van der Waals surface area contributed by atoms with E-state index >= 15 is 0 Å². The number of hydrogen-bond acceptors (Lipinski definition) is 3. The number of amides is 1. The molecule has 4 nitrogen and oxygen atoms in total. The Labute approximate surface area is 103 Å². The monoisotopic (exact) mass is 238 g/mol. The summed E-state index contributed by atoms with van der Waals surface area (Å²) in [5.74, 6) is 0.152. The minimum Gasteiger partial charge on any atom is -0.374 e. The van der Waals surface area contributed by atoms with Gasteiger partial charge >= 0.3 is 0 Å². The molecule has 1 amide bonds. The molecule has 0 aromatic heterocycles. The first-order valence-corrected chi connectivity index (χ1v) is 6.34. The van der Waals surface area contributed by atoms with Crippen molar-refractivity contribution in [3.8, 4) is 6.07 Å². The third kappa shape index (κ3) is 3.19. The molecule has 4 heteroatoms. The van der Waals surface area contributed by atoms with Crippen molar-refractivity contribution >= 4 is 5.91 Å². The first-order chi connectivity index (χ1) is 8.01. The van der Waals surface area contributed by atoms with Crippen molar-refractivity contribution < 1.29 is 9.53 Å². The lowest BCUT2D eigenvalue weighted by Gasteiger charge is -2.21. The molecule has 0 bridgehead atoms. The fourth-order valence-electron chi connectivity index (χ4n) is 2.42. The van der Waals surface area contributed by atoms with E-state index < -0.39 is 0 Å². The molecule has 5 unspecified atom stereocenters. The van der Waals surface area contributed by atoms with E-state index in [0.29, 0.717) is 6.42 Å². The summed E-state index contributed by atoms with van der Waals surface area (Å²) in [6.45, 7) is 7.96. The fraction of sp³-hybridized carbons (Fsp3) is 0.846. The summed E-state index contributed by atoms with van der Waals surface area (Å²) in [5, 5.41) is 11.6. The summed E-state index contributed by atoms with van der Waals surface area (Å²) in [4.78, 5) is 12.2. The maximum atomic E-state index is 12.2. The van der Waals surface area contributed by atoms with Crippen LogP contribution in [0.4, 0.5) is 0 Å². The topological polar surface area (TPSA) is 62.1 Å². The second-order valence-corrected chi connectivity index (χ2v) is 4.91. The van der Waals surface area contributed by atoms with Crippen LogP contribution in [0.1, 0.15) is 40.5 Å². The van der Waals surface area contributed by atoms with E-state index in [9.17, 15) is 4.79 Å². The molecule has 1 heterocycles. The van der Waals surface area contributed by atoms with Crippen LogP contribution in [0.5, 0.6) is 0 Å². The van der Waals surface area contributed by atoms with Crippen LogP contribution in [0.2, 0.25) is 0 Å². The van der Waals surface area contributed by atoms with E-state index in [1.807, 2.05) is 27.7 Å². The summed E-state index contributed by atoms with van der Waals surface area (Å²) >= 11 is 0. The third-order valence-corrected chi connectivity index (χ3v) is 3.72. The highest BCUT2D eigenvalue weighted by molar-refractivity contribution is 5.80. The average Bonchev–Trinajstić information content (AvgIpc) is 2.52. The van der Waals surface area contributed by atoms with Crippen molar-refractivity contribution in [2.24, 2.45) is 11.8 Å². The van der Waals surface area contributed by atoms with Crippen LogP contribution in [0.3, 0.4) is 0 Å². The highest BCUT2D eigenvalue weighted by atomic mass is 16.5. The molecule has 0 spiro atoms. The molecule has 5 atom stereocenters. The van der Waals surface area contributed by atoms with Crippen LogP contribution < -0.4 is 5.32 Å². The molecule has 1 fully saturated rings. The first kappa shape index (κ1) is 14.0. The van der Waals surface area contributed by atoms with Gasteiger partial charge in [0.05, 0.1) is 30.6 Å². The second-order valence-electron chi connectivity index (χ2n) is 4.91. The van der Waals surface area contributed by atoms with Crippen LogP contribution in [-0.4, -0.2) is 24.2 Å². The molecule has 0 aromatic carbocycles. The van der Waals surface area contributed by atoms with Crippen molar-refractivity contribution in [2.75, 3.05) is 0 Å². The zero-order valence-corrected chi connectivity index (χ0v) is 11.1. The van der Waals surface area contributed by atoms with Gasteiger partial charge in [-0.2, -0.15) is 5.26 Å². The van der Waals surface area contributed by atoms with Gasteiger partial charge in [0, 0.05) is 6.04 Å². The molecular formula is C13H22N2O2. The number of hydrogen-bond donors (Lipinski definition) is 1. The Hall–Kier alpha value is -1.08. The van der Waals surface area contributed by atoms with E-state index in [2.05, 4.69) is 11.4 Å². The molecule has 0 aromatic rings. The van der Waals surface area contributed by atoms with E-state index in [-0.39, 0.29) is 36.0 Å². The van der Waals surface area contributed by atoms with Crippen LogP contribution >= 0.6 is 0 Å². The Bertz CT molecular complexity index is 311. The molecule has 96 valence electrons. The average molecular weight is 238 g/mol. The van der Waals surface area contributed by atoms with Crippen LogP contribution in [0.25, 0.3) is 0 Å². The van der Waals surface area contributed by atoms with Crippen molar-refractivity contribution in [2.45, 2.75) is 58.8 Å². The van der Waals surface area contributed by atoms with Gasteiger partial charge in [-0.3, -0.25) is 4.79 Å². The summed E-state index contributed by atoms with van der Waals surface area (Å²) in [7, 11) is 0. The summed E-state index contributed by atoms with van der Waals surface area (Å²) in [6.07, 6.45) is 1.23. The van der Waals surface area contributed by atoms with Gasteiger partial charge in [0.15, 0.2) is 0 Å². The van der Waals surface area contributed by atoms with E-state index in [0.717, 1.165) is 6.42 Å². The number of nitrogens with one attached hydrogen (secondary N) is 1. The van der Waals surface area contributed by atoms with Crippen LogP contribution in [0.15, 0.2) is 0 Å². The largest absolute Gasteiger partial charge is 0.374 e. The molecule has 0 saturated carbocycles. The highest BCUT2D eigenvalue weighted by Crippen LogP contribution is 2.32. The smallest absolute Gasteiger partial charge is 0.226 e. The second kappa shape index (κ2) is 6.02. The van der Waals surface area contributed by atoms with Gasteiger partial charge in [-0.05, 0) is 26.2 Å². The summed E-state index contributed by atoms with van der Waals surface area (Å²) < 4.78 is 5.66. The standard InChI is InChI=1S/C13H22N2O2/c1-5-11(6-7-14)15-13(16)12-8(2)9(3)17-10(12)4/h8-12H,5-6H2,1-4H3,(H,15,16). The lowest BCUT2D eigenvalue weighted by molar-refractivity contribution is -0.127. The van der Waals surface area contributed by atoms with Gasteiger partial charge in [0.1, 0.15) is 0 Å². The van der Waals surface area contributed by atoms with Gasteiger partial charge in [-0.1, -0.05) is 13.8 Å². The fourth-order valence-corrected chi connectivity index (χ4v) is 2.42. The molecule has 1 saturated heterocycles. The summed E-state index contributed by atoms with van der Waals surface area (Å²) in [5.41, 5.74) is 0. The van der Waals surface area contributed by atoms with Crippen molar-refractivity contribution in [3.63, 3.8) is 0 Å². The van der Waals surface area contributed by atoms with Crippen LogP contribution in [0, 0.1) is 23.2 Å². The Morgan fingerprint density at radius 2 is 2.06 bits per heavy atom. The number of ether oxygens (including phenoxy) is 1. The van der Waals surface area contributed by atoms with E-state index in [4.69, 9.17) is 10.00 Å². The highest BCUT2D eigenvalue weighted by Gasteiger charge is 2.41. The normalized spacial score (nSPS) is 34.1. The number of carbonyl (C=O) groups excluding carboxylic acids is 1. The van der Waals surface area contributed by atoms with Crippen LogP contribution in [-0.2, 0) is 9.53 Å². The minimum absolute atomic E-state index is 0.0245. The number of rotatable bonds is 4. The van der Waals surface area contributed by atoms with Crippen molar-refractivity contribution in [1.29, 1.82) is 5.26 Å². The Morgan fingerprint density at radius 3 is 2.47 bits per heavy atom. The molecule has 17 heavy (non-hydrogen) atoms. The van der Waals surface area contributed by atoms with Gasteiger partial charge in [-0.15, -0.1) is 0 Å². The van der Waals surface area contributed by atoms with E-state index in [1.54, 1.807) is 0 Å². The van der Waals surface area contributed by atoms with Gasteiger partial charge in [0.2, 0.25) is 5.91 Å². The maximum absolute atomic E-state index is 12.2. The Kier molecular flexibility index (Phi) is 4.95. The van der Waals surface area contributed by atoms with E-state index in [1.165, 1.54) is 0 Å². The predicted octanol–water partition coefficient (Wildman–Crippen LogP) is 1.85. The lowest BCUT2D eigenvalue weighted by Crippen LogP contribution is -2.42. The maximum Gasteiger partial charge on any atom is 0.226 e. The molecule has 1 aliphatic heterocycles. The molecule has 1 N–H and O–H groups in total. The van der Waals surface area contributed by atoms with Gasteiger partial charge in [-0.25, -0.2) is 0 Å². The Morgan fingerprint density at radius 1 is 1.41 bits per heavy atom. The zero-order chi connectivity index (χ0) is 13.0. The SMILES string of the molecule is CCC(CC#N)NC(=O)C1C(C)OC(C)C1C.